The van der Waals surface area contributed by atoms with E-state index in [0.717, 1.165) is 24.8 Å². The number of carbonyl (C=O) groups is 1. The number of carbonyl (C=O) groups excluding carboxylic acids is 1. The van der Waals surface area contributed by atoms with Gasteiger partial charge in [-0.1, -0.05) is 17.7 Å². The maximum atomic E-state index is 12.7. The summed E-state index contributed by atoms with van der Waals surface area (Å²) in [6.07, 6.45) is 4.02. The summed E-state index contributed by atoms with van der Waals surface area (Å²) in [4.78, 5) is 12.1. The molecule has 0 radical (unpaired) electrons. The molecule has 3 rings (SSSR count). The fourth-order valence-corrected chi connectivity index (χ4v) is 4.80. The first kappa shape index (κ1) is 20.4. The fraction of sp³-hybridized carbons (Fsp3) is 0.450. The lowest BCUT2D eigenvalue weighted by atomic mass is 9.95. The molecule has 1 saturated heterocycles. The van der Waals surface area contributed by atoms with Crippen LogP contribution in [0.3, 0.4) is 0 Å². The van der Waals surface area contributed by atoms with Gasteiger partial charge < -0.3 is 15.1 Å². The van der Waals surface area contributed by atoms with E-state index in [0.29, 0.717) is 42.8 Å². The number of aryl methyl sites for hydroxylation is 1. The number of urea groups is 1. The molecule has 1 aromatic carbocycles. The van der Waals surface area contributed by atoms with Gasteiger partial charge in [-0.3, -0.25) is 0 Å². The molecule has 7 nitrogen and oxygen atoms in total. The third kappa shape index (κ3) is 5.36. The number of nitrogens with zero attached hydrogens (tertiary/aromatic N) is 1. The first-order valence-corrected chi connectivity index (χ1v) is 11.0. The maximum Gasteiger partial charge on any atom is 0.315 e. The predicted molar refractivity (Wildman–Crippen MR) is 106 cm³/mol. The third-order valence-electron chi connectivity index (χ3n) is 5.07. The van der Waals surface area contributed by atoms with Crippen LogP contribution in [0.5, 0.6) is 0 Å². The van der Waals surface area contributed by atoms with Crippen molar-refractivity contribution in [2.24, 2.45) is 5.92 Å². The zero-order chi connectivity index (χ0) is 20.0. The molecule has 0 bridgehead atoms. The number of nitrogens with one attached hydrogen (secondary N) is 2. The smallest absolute Gasteiger partial charge is 0.315 e. The minimum Gasteiger partial charge on any atom is -0.467 e. The lowest BCUT2D eigenvalue weighted by Gasteiger charge is -2.31. The molecule has 0 saturated carbocycles. The number of amides is 2. The van der Waals surface area contributed by atoms with Crippen LogP contribution in [0.25, 0.3) is 0 Å². The number of benzene rings is 1. The van der Waals surface area contributed by atoms with E-state index in [1.165, 1.54) is 0 Å². The molecular weight excluding hydrogens is 378 g/mol. The summed E-state index contributed by atoms with van der Waals surface area (Å²) in [6, 6.07) is 10.3. The average molecular weight is 406 g/mol. The highest BCUT2D eigenvalue weighted by atomic mass is 32.2. The highest BCUT2D eigenvalue weighted by Crippen LogP contribution is 2.25. The Bertz CT molecular complexity index is 855. The molecule has 0 atom stereocenters. The minimum absolute atomic E-state index is 0.226. The number of hydrogen-bond acceptors (Lipinski definition) is 4. The highest BCUT2D eigenvalue weighted by Gasteiger charge is 2.29. The number of furan rings is 1. The molecule has 2 aromatic rings. The molecule has 1 fully saturated rings. The summed E-state index contributed by atoms with van der Waals surface area (Å²) in [5, 5.41) is 5.58. The lowest BCUT2D eigenvalue weighted by Crippen LogP contribution is -2.40. The summed E-state index contributed by atoms with van der Waals surface area (Å²) in [7, 11) is -3.42. The van der Waals surface area contributed by atoms with Gasteiger partial charge in [0, 0.05) is 19.6 Å². The molecule has 28 heavy (non-hydrogen) atoms. The fourth-order valence-electron chi connectivity index (χ4n) is 3.33. The molecule has 2 amide bonds. The van der Waals surface area contributed by atoms with Crippen LogP contribution >= 0.6 is 0 Å². The Morgan fingerprint density at radius 1 is 1.14 bits per heavy atom. The van der Waals surface area contributed by atoms with Crippen LogP contribution in [0, 0.1) is 12.8 Å². The zero-order valence-electron chi connectivity index (χ0n) is 16.1. The van der Waals surface area contributed by atoms with Gasteiger partial charge in [0.2, 0.25) is 10.0 Å². The average Bonchev–Trinajstić information content (AvgIpc) is 3.21. The number of rotatable bonds is 7. The van der Waals surface area contributed by atoms with Gasteiger partial charge in [-0.25, -0.2) is 13.2 Å². The molecule has 0 unspecified atom stereocenters. The van der Waals surface area contributed by atoms with Gasteiger partial charge in [0.05, 0.1) is 17.7 Å². The van der Waals surface area contributed by atoms with Gasteiger partial charge in [-0.15, -0.1) is 0 Å². The van der Waals surface area contributed by atoms with Gasteiger partial charge in [0.25, 0.3) is 0 Å². The Hall–Kier alpha value is -2.32. The Morgan fingerprint density at radius 2 is 1.86 bits per heavy atom. The Kier molecular flexibility index (Phi) is 6.74. The Morgan fingerprint density at radius 3 is 2.50 bits per heavy atom. The van der Waals surface area contributed by atoms with Crippen molar-refractivity contribution in [3.8, 4) is 0 Å². The van der Waals surface area contributed by atoms with Crippen molar-refractivity contribution < 1.29 is 17.6 Å². The molecule has 1 aromatic heterocycles. The Labute approximate surface area is 166 Å². The SMILES string of the molecule is Cc1ccc(S(=O)(=O)N2CCC(CCNC(=O)NCc3ccco3)CC2)cc1. The van der Waals surface area contributed by atoms with Crippen LogP contribution in [0.2, 0.25) is 0 Å². The van der Waals surface area contributed by atoms with Crippen molar-refractivity contribution in [2.75, 3.05) is 19.6 Å². The highest BCUT2D eigenvalue weighted by molar-refractivity contribution is 7.89. The first-order chi connectivity index (χ1) is 13.4. The van der Waals surface area contributed by atoms with E-state index < -0.39 is 10.0 Å². The summed E-state index contributed by atoms with van der Waals surface area (Å²) in [5.41, 5.74) is 1.04. The van der Waals surface area contributed by atoms with Crippen molar-refractivity contribution in [2.45, 2.75) is 37.6 Å². The normalized spacial score (nSPS) is 16.0. The maximum absolute atomic E-state index is 12.7. The summed E-state index contributed by atoms with van der Waals surface area (Å²) in [5.74, 6) is 1.12. The molecule has 2 heterocycles. The van der Waals surface area contributed by atoms with Crippen LogP contribution in [-0.4, -0.2) is 38.4 Å². The molecule has 2 N–H and O–H groups in total. The van der Waals surface area contributed by atoms with Crippen LogP contribution in [-0.2, 0) is 16.6 Å². The van der Waals surface area contributed by atoms with E-state index in [2.05, 4.69) is 10.6 Å². The lowest BCUT2D eigenvalue weighted by molar-refractivity contribution is 0.234. The molecule has 0 spiro atoms. The summed E-state index contributed by atoms with van der Waals surface area (Å²) in [6.45, 7) is 3.90. The second kappa shape index (κ2) is 9.25. The number of hydrogen-bond donors (Lipinski definition) is 2. The quantitative estimate of drug-likeness (QED) is 0.741. The second-order valence-corrected chi connectivity index (χ2v) is 9.08. The number of piperidine rings is 1. The van der Waals surface area contributed by atoms with Crippen LogP contribution in [0.4, 0.5) is 4.79 Å². The van der Waals surface area contributed by atoms with E-state index in [4.69, 9.17) is 4.42 Å². The van der Waals surface area contributed by atoms with E-state index in [1.54, 1.807) is 34.8 Å². The largest absolute Gasteiger partial charge is 0.467 e. The van der Waals surface area contributed by atoms with Gasteiger partial charge in [0.1, 0.15) is 5.76 Å². The van der Waals surface area contributed by atoms with Gasteiger partial charge in [-0.2, -0.15) is 4.31 Å². The molecule has 8 heteroatoms. The monoisotopic (exact) mass is 405 g/mol. The van der Waals surface area contributed by atoms with E-state index >= 15 is 0 Å². The van der Waals surface area contributed by atoms with Crippen molar-refractivity contribution in [3.05, 3.63) is 54.0 Å². The standard InChI is InChI=1S/C20H27N3O4S/c1-16-4-6-19(7-5-16)28(25,26)23-12-9-17(10-13-23)8-11-21-20(24)22-15-18-3-2-14-27-18/h2-7,14,17H,8-13,15H2,1H3,(H2,21,22,24). The zero-order valence-corrected chi connectivity index (χ0v) is 16.9. The Balaban J connectivity index is 1.38. The number of sulfonamides is 1. The minimum atomic E-state index is -3.42. The van der Waals surface area contributed by atoms with Crippen LogP contribution < -0.4 is 10.6 Å². The van der Waals surface area contributed by atoms with Crippen molar-refractivity contribution in [3.63, 3.8) is 0 Å². The van der Waals surface area contributed by atoms with E-state index in [1.807, 2.05) is 19.1 Å². The van der Waals surface area contributed by atoms with E-state index in [-0.39, 0.29) is 6.03 Å². The molecule has 1 aliphatic heterocycles. The van der Waals surface area contributed by atoms with Gasteiger partial charge in [0.15, 0.2) is 0 Å². The van der Waals surface area contributed by atoms with Gasteiger partial charge >= 0.3 is 6.03 Å². The summed E-state index contributed by atoms with van der Waals surface area (Å²) >= 11 is 0. The molecule has 1 aliphatic rings. The topological polar surface area (TPSA) is 91.7 Å². The van der Waals surface area contributed by atoms with Crippen LogP contribution in [0.15, 0.2) is 52.0 Å². The van der Waals surface area contributed by atoms with Crippen molar-refractivity contribution >= 4 is 16.1 Å². The predicted octanol–water partition coefficient (Wildman–Crippen LogP) is 2.88. The first-order valence-electron chi connectivity index (χ1n) is 9.56. The van der Waals surface area contributed by atoms with Crippen molar-refractivity contribution in [1.82, 2.24) is 14.9 Å². The second-order valence-electron chi connectivity index (χ2n) is 7.14. The van der Waals surface area contributed by atoms with E-state index in [9.17, 15) is 13.2 Å². The molecule has 0 aliphatic carbocycles. The van der Waals surface area contributed by atoms with Gasteiger partial charge in [-0.05, 0) is 56.4 Å². The molecular formula is C20H27N3O4S. The summed E-state index contributed by atoms with van der Waals surface area (Å²) < 4.78 is 32.2. The van der Waals surface area contributed by atoms with Crippen molar-refractivity contribution in [1.29, 1.82) is 0 Å². The van der Waals surface area contributed by atoms with Crippen LogP contribution in [0.1, 0.15) is 30.6 Å². The third-order valence-corrected chi connectivity index (χ3v) is 6.99. The molecule has 152 valence electrons.